The number of hydrogen-bond acceptors (Lipinski definition) is 5. The van der Waals surface area contributed by atoms with Crippen molar-refractivity contribution >= 4 is 11.4 Å². The smallest absolute Gasteiger partial charge is 0.289 e. The van der Waals surface area contributed by atoms with Gasteiger partial charge in [-0.25, -0.2) is 0 Å². The first-order chi connectivity index (χ1) is 9.19. The van der Waals surface area contributed by atoms with Gasteiger partial charge in [0.25, 0.3) is 5.69 Å². The summed E-state index contributed by atoms with van der Waals surface area (Å²) in [5, 5.41) is 22.7. The number of unbranched alkanes of at least 4 members (excludes halogenated alkanes) is 2. The van der Waals surface area contributed by atoms with Gasteiger partial charge < -0.3 is 10.1 Å². The van der Waals surface area contributed by atoms with Crippen molar-refractivity contribution in [3.05, 3.63) is 33.9 Å². The van der Waals surface area contributed by atoms with E-state index in [0.29, 0.717) is 5.69 Å². The molecular weight excluding hydrogens is 246 g/mol. The normalized spacial score (nSPS) is 9.89. The van der Waals surface area contributed by atoms with Crippen LogP contribution in [-0.2, 0) is 4.74 Å². The fourth-order valence-electron chi connectivity index (χ4n) is 1.67. The van der Waals surface area contributed by atoms with E-state index in [1.165, 1.54) is 12.1 Å². The Morgan fingerprint density at radius 3 is 2.84 bits per heavy atom. The largest absolute Gasteiger partial charge is 0.385 e. The Morgan fingerprint density at radius 2 is 2.21 bits per heavy atom. The molecule has 0 aliphatic heterocycles. The molecule has 6 nitrogen and oxygen atoms in total. The van der Waals surface area contributed by atoms with Crippen molar-refractivity contribution in [2.75, 3.05) is 25.6 Å². The van der Waals surface area contributed by atoms with Crippen LogP contribution in [0.2, 0.25) is 0 Å². The Bertz CT molecular complexity index is 469. The number of ether oxygens (including phenoxy) is 1. The van der Waals surface area contributed by atoms with Crippen LogP contribution >= 0.6 is 0 Å². The quantitative estimate of drug-likeness (QED) is 0.442. The van der Waals surface area contributed by atoms with E-state index < -0.39 is 4.92 Å². The summed E-state index contributed by atoms with van der Waals surface area (Å²) in [4.78, 5) is 10.3. The molecule has 0 aliphatic rings. The lowest BCUT2D eigenvalue weighted by molar-refractivity contribution is -0.385. The van der Waals surface area contributed by atoms with Crippen LogP contribution in [0, 0.1) is 21.4 Å². The van der Waals surface area contributed by atoms with Crippen LogP contribution in [0.3, 0.4) is 0 Å². The fraction of sp³-hybridized carbons (Fsp3) is 0.462. The van der Waals surface area contributed by atoms with Crippen molar-refractivity contribution in [3.63, 3.8) is 0 Å². The zero-order chi connectivity index (χ0) is 14.1. The van der Waals surface area contributed by atoms with Gasteiger partial charge in [-0.1, -0.05) is 0 Å². The minimum atomic E-state index is -0.539. The van der Waals surface area contributed by atoms with Crippen molar-refractivity contribution in [3.8, 4) is 6.07 Å². The average Bonchev–Trinajstić information content (AvgIpc) is 2.42. The first-order valence-corrected chi connectivity index (χ1v) is 6.10. The molecule has 0 radical (unpaired) electrons. The predicted molar refractivity (Wildman–Crippen MR) is 72.0 cm³/mol. The van der Waals surface area contributed by atoms with Gasteiger partial charge in [0.05, 0.1) is 4.92 Å². The molecular formula is C13H17N3O3. The van der Waals surface area contributed by atoms with Crippen molar-refractivity contribution in [1.29, 1.82) is 5.26 Å². The van der Waals surface area contributed by atoms with Gasteiger partial charge in [-0.2, -0.15) is 5.26 Å². The van der Waals surface area contributed by atoms with Gasteiger partial charge in [-0.3, -0.25) is 10.1 Å². The number of nitrogens with one attached hydrogen (secondary N) is 1. The molecule has 1 N–H and O–H groups in total. The molecule has 0 bridgehead atoms. The zero-order valence-electron chi connectivity index (χ0n) is 10.9. The predicted octanol–water partition coefficient (Wildman–Crippen LogP) is 2.70. The number of nitro benzene ring substituents is 1. The SMILES string of the molecule is COCCCCCNc1ccc(C#N)c([N+](=O)[O-])c1. The molecule has 0 saturated carbocycles. The summed E-state index contributed by atoms with van der Waals surface area (Å²) in [5.74, 6) is 0. The minimum absolute atomic E-state index is 0.0793. The van der Waals surface area contributed by atoms with Crippen LogP contribution in [0.15, 0.2) is 18.2 Å². The van der Waals surface area contributed by atoms with Crippen LogP contribution in [0.4, 0.5) is 11.4 Å². The third kappa shape index (κ3) is 4.94. The second-order valence-electron chi connectivity index (χ2n) is 4.08. The lowest BCUT2D eigenvalue weighted by atomic mass is 10.1. The van der Waals surface area contributed by atoms with Crippen LogP contribution in [0.5, 0.6) is 0 Å². The molecule has 0 atom stereocenters. The molecule has 0 aromatic heterocycles. The van der Waals surface area contributed by atoms with Crippen LogP contribution in [0.1, 0.15) is 24.8 Å². The monoisotopic (exact) mass is 263 g/mol. The maximum absolute atomic E-state index is 10.8. The Kier molecular flexibility index (Phi) is 6.33. The number of benzene rings is 1. The summed E-state index contributed by atoms with van der Waals surface area (Å²) in [6.45, 7) is 1.50. The Balaban J connectivity index is 2.49. The highest BCUT2D eigenvalue weighted by atomic mass is 16.6. The Morgan fingerprint density at radius 1 is 1.42 bits per heavy atom. The van der Waals surface area contributed by atoms with E-state index in [1.54, 1.807) is 13.2 Å². The van der Waals surface area contributed by atoms with E-state index in [2.05, 4.69) is 5.32 Å². The van der Waals surface area contributed by atoms with Gasteiger partial charge in [0.2, 0.25) is 0 Å². The van der Waals surface area contributed by atoms with E-state index in [-0.39, 0.29) is 11.3 Å². The summed E-state index contributed by atoms with van der Waals surface area (Å²) < 4.78 is 4.95. The van der Waals surface area contributed by atoms with E-state index in [1.807, 2.05) is 6.07 Å². The van der Waals surface area contributed by atoms with Crippen molar-refractivity contribution in [2.45, 2.75) is 19.3 Å². The third-order valence-electron chi connectivity index (χ3n) is 2.67. The van der Waals surface area contributed by atoms with Crippen LogP contribution in [0.25, 0.3) is 0 Å². The molecule has 1 rings (SSSR count). The summed E-state index contributed by atoms with van der Waals surface area (Å²) in [6, 6.07) is 6.35. The summed E-state index contributed by atoms with van der Waals surface area (Å²) in [7, 11) is 1.67. The van der Waals surface area contributed by atoms with E-state index in [9.17, 15) is 10.1 Å². The molecule has 0 spiro atoms. The number of nitriles is 1. The minimum Gasteiger partial charge on any atom is -0.385 e. The van der Waals surface area contributed by atoms with E-state index >= 15 is 0 Å². The molecule has 0 fully saturated rings. The Labute approximate surface area is 112 Å². The lowest BCUT2D eigenvalue weighted by Crippen LogP contribution is -2.03. The van der Waals surface area contributed by atoms with Gasteiger partial charge in [-0.05, 0) is 31.4 Å². The highest BCUT2D eigenvalue weighted by Gasteiger charge is 2.13. The number of nitrogens with zero attached hydrogens (tertiary/aromatic N) is 2. The standard InChI is InChI=1S/C13H17N3O3/c1-19-8-4-2-3-7-15-12-6-5-11(10-14)13(9-12)16(17)18/h5-6,9,15H,2-4,7-8H2,1H3. The van der Waals surface area contributed by atoms with Gasteiger partial charge in [0.15, 0.2) is 0 Å². The van der Waals surface area contributed by atoms with E-state index in [4.69, 9.17) is 10.00 Å². The first-order valence-electron chi connectivity index (χ1n) is 6.10. The molecule has 102 valence electrons. The van der Waals surface area contributed by atoms with Crippen molar-refractivity contribution in [2.24, 2.45) is 0 Å². The second kappa shape index (κ2) is 8.06. The zero-order valence-corrected chi connectivity index (χ0v) is 10.9. The Hall–Kier alpha value is -2.13. The molecule has 1 aromatic rings. The molecule has 0 saturated heterocycles. The van der Waals surface area contributed by atoms with Gasteiger partial charge in [-0.15, -0.1) is 0 Å². The second-order valence-corrected chi connectivity index (χ2v) is 4.08. The fourth-order valence-corrected chi connectivity index (χ4v) is 1.67. The first kappa shape index (κ1) is 14.9. The average molecular weight is 263 g/mol. The van der Waals surface area contributed by atoms with Gasteiger partial charge >= 0.3 is 0 Å². The number of methoxy groups -OCH3 is 1. The number of nitro groups is 1. The third-order valence-corrected chi connectivity index (χ3v) is 2.67. The molecule has 0 aliphatic carbocycles. The van der Waals surface area contributed by atoms with Crippen molar-refractivity contribution < 1.29 is 9.66 Å². The topological polar surface area (TPSA) is 88.2 Å². The molecule has 0 heterocycles. The molecule has 6 heteroatoms. The highest BCUT2D eigenvalue weighted by Crippen LogP contribution is 2.22. The van der Waals surface area contributed by atoms with Crippen LogP contribution in [-0.4, -0.2) is 25.2 Å². The van der Waals surface area contributed by atoms with Crippen molar-refractivity contribution in [1.82, 2.24) is 0 Å². The molecule has 19 heavy (non-hydrogen) atoms. The maximum atomic E-state index is 10.8. The molecule has 1 aromatic carbocycles. The lowest BCUT2D eigenvalue weighted by Gasteiger charge is -2.06. The van der Waals surface area contributed by atoms with Gasteiger partial charge in [0, 0.05) is 32.0 Å². The number of hydrogen-bond donors (Lipinski definition) is 1. The summed E-state index contributed by atoms with van der Waals surface area (Å²) in [6.07, 6.45) is 3.02. The van der Waals surface area contributed by atoms with Crippen LogP contribution < -0.4 is 5.32 Å². The highest BCUT2D eigenvalue weighted by molar-refractivity contribution is 5.59. The maximum Gasteiger partial charge on any atom is 0.289 e. The molecule has 0 unspecified atom stereocenters. The number of anilines is 1. The summed E-state index contributed by atoms with van der Waals surface area (Å²) >= 11 is 0. The molecule has 0 amide bonds. The number of rotatable bonds is 8. The summed E-state index contributed by atoms with van der Waals surface area (Å²) in [5.41, 5.74) is 0.583. The van der Waals surface area contributed by atoms with Gasteiger partial charge in [0.1, 0.15) is 11.6 Å². The van der Waals surface area contributed by atoms with E-state index in [0.717, 1.165) is 32.4 Å².